The highest BCUT2D eigenvalue weighted by molar-refractivity contribution is 5.66. The van der Waals surface area contributed by atoms with Gasteiger partial charge in [0.1, 0.15) is 11.6 Å². The molecule has 4 N–H and O–H groups in total. The minimum Gasteiger partial charge on any atom is -0.341 e. The molecule has 6 rings (SSSR count). The number of hydrogen-bond acceptors (Lipinski definition) is 6. The third-order valence-corrected chi connectivity index (χ3v) is 6.36. The van der Waals surface area contributed by atoms with Crippen LogP contribution in [0.15, 0.2) is 48.9 Å². The molecule has 32 heavy (non-hydrogen) atoms. The molecule has 0 bridgehead atoms. The van der Waals surface area contributed by atoms with Crippen molar-refractivity contribution in [1.82, 2.24) is 40.5 Å². The average molecular weight is 427 g/mol. The van der Waals surface area contributed by atoms with Gasteiger partial charge in [-0.3, -0.25) is 0 Å². The average Bonchev–Trinajstić information content (AvgIpc) is 3.66. The third-order valence-electron chi connectivity index (χ3n) is 6.36. The van der Waals surface area contributed by atoms with E-state index in [-0.39, 0.29) is 0 Å². The summed E-state index contributed by atoms with van der Waals surface area (Å²) < 4.78 is 0. The molecule has 2 saturated heterocycles. The van der Waals surface area contributed by atoms with Crippen molar-refractivity contribution < 1.29 is 0 Å². The number of rotatable bonds is 5. The number of nitrogens with one attached hydrogen (secondary N) is 4. The fraction of sp³-hybridized carbons (Fsp3) is 0.333. The number of H-pyrrole nitrogens is 2. The zero-order valence-electron chi connectivity index (χ0n) is 17.8. The molecule has 8 heteroatoms. The number of aromatic nitrogens is 6. The minimum absolute atomic E-state index is 0.310. The van der Waals surface area contributed by atoms with Gasteiger partial charge in [-0.25, -0.2) is 19.9 Å². The van der Waals surface area contributed by atoms with E-state index in [2.05, 4.69) is 59.8 Å². The first-order valence-corrected chi connectivity index (χ1v) is 11.3. The van der Waals surface area contributed by atoms with Crippen LogP contribution in [0.2, 0.25) is 0 Å². The molecule has 4 aromatic rings. The van der Waals surface area contributed by atoms with Crippen LogP contribution < -0.4 is 10.6 Å². The molecule has 0 saturated carbocycles. The monoisotopic (exact) mass is 426 g/mol. The number of aromatic amines is 2. The second kappa shape index (κ2) is 8.29. The van der Waals surface area contributed by atoms with E-state index < -0.39 is 0 Å². The van der Waals surface area contributed by atoms with Crippen LogP contribution in [0.3, 0.4) is 0 Å². The molecule has 0 spiro atoms. The summed E-state index contributed by atoms with van der Waals surface area (Å²) in [6, 6.07) is 10.9. The Kier molecular flexibility index (Phi) is 5.01. The second-order valence-corrected chi connectivity index (χ2v) is 8.50. The largest absolute Gasteiger partial charge is 0.341 e. The van der Waals surface area contributed by atoms with Gasteiger partial charge in [0.05, 0.1) is 41.6 Å². The summed E-state index contributed by atoms with van der Waals surface area (Å²) in [6.07, 6.45) is 10.2. The Labute approximate surface area is 186 Å². The molecule has 2 aliphatic heterocycles. The SMILES string of the molecule is c1cc(-c2cnc([C@@H]3CCCN3)[nH]2)nc(-c2ccc(-c3cnc([C@@H]4CCCN4)[nH]3)cc2)n1. The lowest BCUT2D eigenvalue weighted by atomic mass is 10.1. The van der Waals surface area contributed by atoms with Crippen LogP contribution in [-0.4, -0.2) is 43.0 Å². The van der Waals surface area contributed by atoms with E-state index in [0.717, 1.165) is 65.8 Å². The van der Waals surface area contributed by atoms with E-state index in [1.54, 1.807) is 6.20 Å². The standard InChI is InChI=1S/C24H26N8/c1-3-18(25-10-1)23-28-13-20(31-23)15-5-7-16(8-6-15)22-27-12-9-17(30-22)21-14-29-24(32-21)19-4-2-11-26-19/h5-9,12-14,18-19,25-26H,1-4,10-11H2,(H,28,31)(H,29,32)/t18-,19-/m0/s1. The van der Waals surface area contributed by atoms with Crippen LogP contribution in [-0.2, 0) is 0 Å². The normalized spacial score (nSPS) is 20.8. The van der Waals surface area contributed by atoms with E-state index in [1.807, 2.05) is 18.5 Å². The molecule has 1 aromatic carbocycles. The molecular weight excluding hydrogens is 400 g/mol. The van der Waals surface area contributed by atoms with Crippen LogP contribution in [0.25, 0.3) is 34.0 Å². The van der Waals surface area contributed by atoms with Gasteiger partial charge < -0.3 is 20.6 Å². The van der Waals surface area contributed by atoms with Crippen LogP contribution >= 0.6 is 0 Å². The lowest BCUT2D eigenvalue weighted by Crippen LogP contribution is -2.14. The van der Waals surface area contributed by atoms with Crippen molar-refractivity contribution in [2.45, 2.75) is 37.8 Å². The summed E-state index contributed by atoms with van der Waals surface area (Å²) in [6.45, 7) is 2.11. The molecule has 0 radical (unpaired) electrons. The number of hydrogen-bond donors (Lipinski definition) is 4. The summed E-state index contributed by atoms with van der Waals surface area (Å²) in [7, 11) is 0. The maximum absolute atomic E-state index is 4.78. The molecule has 0 unspecified atom stereocenters. The molecule has 162 valence electrons. The lowest BCUT2D eigenvalue weighted by molar-refractivity contribution is 0.613. The number of benzene rings is 1. The maximum Gasteiger partial charge on any atom is 0.159 e. The van der Waals surface area contributed by atoms with Crippen LogP contribution in [0.4, 0.5) is 0 Å². The van der Waals surface area contributed by atoms with E-state index >= 15 is 0 Å². The molecule has 8 nitrogen and oxygen atoms in total. The van der Waals surface area contributed by atoms with Crippen molar-refractivity contribution >= 4 is 0 Å². The predicted octanol–water partition coefficient (Wildman–Crippen LogP) is 3.77. The highest BCUT2D eigenvalue weighted by atomic mass is 15.0. The topological polar surface area (TPSA) is 107 Å². The Morgan fingerprint density at radius 1 is 0.688 bits per heavy atom. The summed E-state index contributed by atoms with van der Waals surface area (Å²) in [5.41, 5.74) is 4.87. The predicted molar refractivity (Wildman–Crippen MR) is 123 cm³/mol. The third kappa shape index (κ3) is 3.72. The Bertz CT molecular complexity index is 1200. The Balaban J connectivity index is 1.22. The van der Waals surface area contributed by atoms with Crippen LogP contribution in [0.5, 0.6) is 0 Å². The van der Waals surface area contributed by atoms with Gasteiger partial charge in [-0.15, -0.1) is 0 Å². The van der Waals surface area contributed by atoms with Gasteiger partial charge in [-0.2, -0.15) is 0 Å². The highest BCUT2D eigenvalue weighted by Crippen LogP contribution is 2.27. The maximum atomic E-state index is 4.78. The lowest BCUT2D eigenvalue weighted by Gasteiger charge is -2.06. The van der Waals surface area contributed by atoms with Gasteiger partial charge in [0.25, 0.3) is 0 Å². The van der Waals surface area contributed by atoms with E-state index in [1.165, 1.54) is 12.8 Å². The molecule has 2 atom stereocenters. The molecule has 0 aliphatic carbocycles. The van der Waals surface area contributed by atoms with Crippen LogP contribution in [0.1, 0.15) is 49.4 Å². The first kappa shape index (κ1) is 19.3. The zero-order valence-corrected chi connectivity index (χ0v) is 17.8. The Morgan fingerprint density at radius 3 is 1.97 bits per heavy atom. The van der Waals surface area contributed by atoms with Gasteiger partial charge in [-0.05, 0) is 50.4 Å². The summed E-state index contributed by atoms with van der Waals surface area (Å²) in [5, 5.41) is 6.96. The van der Waals surface area contributed by atoms with Crippen molar-refractivity contribution in [3.05, 3.63) is 60.6 Å². The van der Waals surface area contributed by atoms with Crippen LogP contribution in [0, 0.1) is 0 Å². The van der Waals surface area contributed by atoms with Crippen molar-refractivity contribution in [3.63, 3.8) is 0 Å². The Morgan fingerprint density at radius 2 is 1.31 bits per heavy atom. The van der Waals surface area contributed by atoms with Gasteiger partial charge in [0.15, 0.2) is 5.82 Å². The molecular formula is C24H26N8. The van der Waals surface area contributed by atoms with Crippen molar-refractivity contribution in [2.75, 3.05) is 13.1 Å². The van der Waals surface area contributed by atoms with Gasteiger partial charge in [0.2, 0.25) is 0 Å². The van der Waals surface area contributed by atoms with Gasteiger partial charge in [-0.1, -0.05) is 24.3 Å². The molecule has 2 aliphatic rings. The van der Waals surface area contributed by atoms with Crippen molar-refractivity contribution in [2.24, 2.45) is 0 Å². The first-order valence-electron chi connectivity index (χ1n) is 11.3. The first-order chi connectivity index (χ1) is 15.8. The van der Waals surface area contributed by atoms with Crippen molar-refractivity contribution in [3.8, 4) is 34.0 Å². The molecule has 0 amide bonds. The zero-order chi connectivity index (χ0) is 21.3. The number of nitrogens with zero attached hydrogens (tertiary/aromatic N) is 4. The summed E-state index contributed by atoms with van der Waals surface area (Å²) in [5.74, 6) is 2.70. The summed E-state index contributed by atoms with van der Waals surface area (Å²) in [4.78, 5) is 25.3. The van der Waals surface area contributed by atoms with E-state index in [4.69, 9.17) is 4.98 Å². The molecule has 5 heterocycles. The molecule has 2 fully saturated rings. The second-order valence-electron chi connectivity index (χ2n) is 8.50. The van der Waals surface area contributed by atoms with E-state index in [9.17, 15) is 0 Å². The van der Waals surface area contributed by atoms with Gasteiger partial charge in [0, 0.05) is 11.8 Å². The highest BCUT2D eigenvalue weighted by Gasteiger charge is 2.20. The van der Waals surface area contributed by atoms with Gasteiger partial charge >= 0.3 is 0 Å². The smallest absolute Gasteiger partial charge is 0.159 e. The fourth-order valence-electron chi connectivity index (χ4n) is 4.59. The summed E-state index contributed by atoms with van der Waals surface area (Å²) >= 11 is 0. The number of imidazole rings is 2. The minimum atomic E-state index is 0.310. The Hall–Kier alpha value is -3.36. The molecule has 3 aromatic heterocycles. The van der Waals surface area contributed by atoms with E-state index in [0.29, 0.717) is 17.9 Å². The fourth-order valence-corrected chi connectivity index (χ4v) is 4.59. The van der Waals surface area contributed by atoms with Crippen molar-refractivity contribution in [1.29, 1.82) is 0 Å². The quantitative estimate of drug-likeness (QED) is 0.387.